The zero-order chi connectivity index (χ0) is 20.0. The molecule has 0 amide bonds. The van der Waals surface area contributed by atoms with Crippen LogP contribution < -0.4 is 0 Å². The van der Waals surface area contributed by atoms with E-state index >= 15 is 0 Å². The lowest BCUT2D eigenvalue weighted by molar-refractivity contribution is -0.145. The highest BCUT2D eigenvalue weighted by Gasteiger charge is 2.07. The van der Waals surface area contributed by atoms with Crippen molar-refractivity contribution in [2.75, 3.05) is 25.0 Å². The molecular weight excluding hydrogens is 387 g/mol. The van der Waals surface area contributed by atoms with Gasteiger partial charge in [-0.25, -0.2) is 0 Å². The van der Waals surface area contributed by atoms with Crippen LogP contribution in [0.5, 0.6) is 0 Å². The zero-order valence-corrected chi connectivity index (χ0v) is 18.3. The topological polar surface area (TPSA) is 52.6 Å². The number of alkyl halides is 2. The van der Waals surface area contributed by atoms with Gasteiger partial charge in [-0.05, 0) is 32.1 Å². The van der Waals surface area contributed by atoms with Crippen LogP contribution in [-0.4, -0.2) is 36.9 Å². The largest absolute Gasteiger partial charge is 0.466 e. The smallest absolute Gasteiger partial charge is 0.305 e. The molecule has 0 aromatic carbocycles. The molecule has 0 aliphatic carbocycles. The Morgan fingerprint density at radius 3 is 1.19 bits per heavy atom. The Morgan fingerprint density at radius 2 is 0.815 bits per heavy atom. The molecule has 0 N–H and O–H groups in total. The SMILES string of the molecule is O=C(CCCC(=O)OCCCCCCCCCl)OCCCCCCCCCl. The van der Waals surface area contributed by atoms with Gasteiger partial charge in [0.1, 0.15) is 0 Å². The van der Waals surface area contributed by atoms with Crippen LogP contribution in [0.4, 0.5) is 0 Å². The quantitative estimate of drug-likeness (QED) is 0.129. The molecule has 160 valence electrons. The van der Waals surface area contributed by atoms with Crippen molar-refractivity contribution in [2.24, 2.45) is 0 Å². The summed E-state index contributed by atoms with van der Waals surface area (Å²) in [5, 5.41) is 0. The number of hydrogen-bond donors (Lipinski definition) is 0. The fraction of sp³-hybridized carbons (Fsp3) is 0.905. The molecule has 0 saturated carbocycles. The lowest BCUT2D eigenvalue weighted by Crippen LogP contribution is -2.09. The van der Waals surface area contributed by atoms with Crippen molar-refractivity contribution in [3.05, 3.63) is 0 Å². The molecule has 0 aliphatic heterocycles. The van der Waals surface area contributed by atoms with Gasteiger partial charge in [-0.2, -0.15) is 0 Å². The van der Waals surface area contributed by atoms with Crippen molar-refractivity contribution >= 4 is 35.1 Å². The predicted octanol–water partition coefficient (Wildman–Crippen LogP) is 6.40. The van der Waals surface area contributed by atoms with Gasteiger partial charge >= 0.3 is 11.9 Å². The van der Waals surface area contributed by atoms with E-state index in [2.05, 4.69) is 0 Å². The van der Waals surface area contributed by atoms with E-state index in [1.165, 1.54) is 25.7 Å². The minimum absolute atomic E-state index is 0.220. The normalized spacial score (nSPS) is 10.7. The van der Waals surface area contributed by atoms with Crippen molar-refractivity contribution in [3.8, 4) is 0 Å². The van der Waals surface area contributed by atoms with Gasteiger partial charge in [0.2, 0.25) is 0 Å². The average Bonchev–Trinajstić information content (AvgIpc) is 2.66. The molecule has 0 aliphatic rings. The Morgan fingerprint density at radius 1 is 0.481 bits per heavy atom. The van der Waals surface area contributed by atoms with E-state index in [0.717, 1.165) is 63.1 Å². The number of carbonyl (C=O) groups excluding carboxylic acids is 2. The molecule has 0 aromatic heterocycles. The van der Waals surface area contributed by atoms with Gasteiger partial charge in [0.25, 0.3) is 0 Å². The Labute approximate surface area is 175 Å². The Bertz CT molecular complexity index is 319. The molecule has 0 spiro atoms. The summed E-state index contributed by atoms with van der Waals surface area (Å²) >= 11 is 11.3. The van der Waals surface area contributed by atoms with Crippen LogP contribution in [0.15, 0.2) is 0 Å². The monoisotopic (exact) mass is 424 g/mol. The summed E-state index contributed by atoms with van der Waals surface area (Å²) in [5.74, 6) is 1.03. The lowest BCUT2D eigenvalue weighted by atomic mass is 10.1. The maximum Gasteiger partial charge on any atom is 0.305 e. The van der Waals surface area contributed by atoms with E-state index in [1.807, 2.05) is 0 Å². The highest BCUT2D eigenvalue weighted by Crippen LogP contribution is 2.08. The molecule has 0 heterocycles. The molecule has 0 radical (unpaired) electrons. The standard InChI is InChI=1S/C21H38Cl2O4/c22-16-9-5-1-3-7-11-18-26-20(24)14-13-15-21(25)27-19-12-8-4-2-6-10-17-23/h1-19H2. The molecule has 0 saturated heterocycles. The second-order valence-electron chi connectivity index (χ2n) is 6.92. The highest BCUT2D eigenvalue weighted by molar-refractivity contribution is 6.18. The van der Waals surface area contributed by atoms with E-state index in [0.29, 0.717) is 19.6 Å². The fourth-order valence-electron chi connectivity index (χ4n) is 2.70. The first-order valence-electron chi connectivity index (χ1n) is 10.6. The number of rotatable bonds is 20. The first-order chi connectivity index (χ1) is 13.2. The van der Waals surface area contributed by atoms with Crippen molar-refractivity contribution < 1.29 is 19.1 Å². The Hall–Kier alpha value is -0.480. The van der Waals surface area contributed by atoms with Crippen LogP contribution in [-0.2, 0) is 19.1 Å². The van der Waals surface area contributed by atoms with Crippen molar-refractivity contribution in [1.82, 2.24) is 0 Å². The van der Waals surface area contributed by atoms with Gasteiger partial charge in [-0.3, -0.25) is 9.59 Å². The molecular formula is C21H38Cl2O4. The third-order valence-electron chi connectivity index (χ3n) is 4.34. The van der Waals surface area contributed by atoms with Crippen LogP contribution in [0.3, 0.4) is 0 Å². The van der Waals surface area contributed by atoms with Crippen molar-refractivity contribution in [2.45, 2.75) is 96.3 Å². The highest BCUT2D eigenvalue weighted by atomic mass is 35.5. The van der Waals surface area contributed by atoms with E-state index in [4.69, 9.17) is 32.7 Å². The van der Waals surface area contributed by atoms with Crippen LogP contribution in [0.2, 0.25) is 0 Å². The summed E-state index contributed by atoms with van der Waals surface area (Å²) < 4.78 is 10.4. The van der Waals surface area contributed by atoms with Gasteiger partial charge in [-0.1, -0.05) is 51.4 Å². The third kappa shape index (κ3) is 21.7. The summed E-state index contributed by atoms with van der Waals surface area (Å²) in [4.78, 5) is 23.2. The molecule has 0 unspecified atom stereocenters. The first kappa shape index (κ1) is 26.5. The van der Waals surface area contributed by atoms with E-state index in [9.17, 15) is 9.59 Å². The van der Waals surface area contributed by atoms with Gasteiger partial charge in [0, 0.05) is 24.6 Å². The minimum Gasteiger partial charge on any atom is -0.466 e. The van der Waals surface area contributed by atoms with Crippen LogP contribution >= 0.6 is 23.2 Å². The minimum atomic E-state index is -0.220. The molecule has 0 bridgehead atoms. The zero-order valence-electron chi connectivity index (χ0n) is 16.8. The number of halogens is 2. The van der Waals surface area contributed by atoms with E-state index in [-0.39, 0.29) is 24.8 Å². The fourth-order valence-corrected chi connectivity index (χ4v) is 3.08. The Kier molecular flexibility index (Phi) is 21.4. The van der Waals surface area contributed by atoms with Crippen LogP contribution in [0, 0.1) is 0 Å². The summed E-state index contributed by atoms with van der Waals surface area (Å²) in [5.41, 5.74) is 0. The van der Waals surface area contributed by atoms with Crippen LogP contribution in [0.25, 0.3) is 0 Å². The second-order valence-corrected chi connectivity index (χ2v) is 7.67. The maximum atomic E-state index is 11.6. The van der Waals surface area contributed by atoms with E-state index in [1.54, 1.807) is 0 Å². The third-order valence-corrected chi connectivity index (χ3v) is 4.88. The predicted molar refractivity (Wildman–Crippen MR) is 113 cm³/mol. The van der Waals surface area contributed by atoms with E-state index < -0.39 is 0 Å². The summed E-state index contributed by atoms with van der Waals surface area (Å²) in [6.45, 7) is 0.952. The van der Waals surface area contributed by atoms with Crippen molar-refractivity contribution in [3.63, 3.8) is 0 Å². The molecule has 27 heavy (non-hydrogen) atoms. The van der Waals surface area contributed by atoms with Gasteiger partial charge in [-0.15, -0.1) is 23.2 Å². The molecule has 0 aromatic rings. The molecule has 0 fully saturated rings. The Balaban J connectivity index is 3.31. The lowest BCUT2D eigenvalue weighted by Gasteiger charge is -2.06. The average molecular weight is 425 g/mol. The van der Waals surface area contributed by atoms with Gasteiger partial charge < -0.3 is 9.47 Å². The number of esters is 2. The molecule has 0 atom stereocenters. The number of hydrogen-bond acceptors (Lipinski definition) is 4. The summed E-state index contributed by atoms with van der Waals surface area (Å²) in [7, 11) is 0. The number of ether oxygens (including phenoxy) is 2. The first-order valence-corrected chi connectivity index (χ1v) is 11.7. The molecule has 4 nitrogen and oxygen atoms in total. The number of unbranched alkanes of at least 4 members (excludes halogenated alkanes) is 10. The van der Waals surface area contributed by atoms with Crippen LogP contribution in [0.1, 0.15) is 96.3 Å². The summed E-state index contributed by atoms with van der Waals surface area (Å²) in [6, 6.07) is 0. The molecule has 0 rings (SSSR count). The van der Waals surface area contributed by atoms with Crippen molar-refractivity contribution in [1.29, 1.82) is 0 Å². The molecule has 6 heteroatoms. The maximum absolute atomic E-state index is 11.6. The van der Waals surface area contributed by atoms with Gasteiger partial charge in [0.15, 0.2) is 0 Å². The summed E-state index contributed by atoms with van der Waals surface area (Å²) in [6.07, 6.45) is 14.2. The van der Waals surface area contributed by atoms with Gasteiger partial charge in [0.05, 0.1) is 13.2 Å². The number of carbonyl (C=O) groups is 2. The second kappa shape index (κ2) is 21.8.